The van der Waals surface area contributed by atoms with Gasteiger partial charge in [-0.15, -0.1) is 0 Å². The predicted molar refractivity (Wildman–Crippen MR) is 92.4 cm³/mol. The lowest BCUT2D eigenvalue weighted by Gasteiger charge is -2.43. The largest absolute Gasteiger partial charge is 0.396 e. The van der Waals surface area contributed by atoms with Crippen molar-refractivity contribution < 1.29 is 19.4 Å². The molecule has 5 nitrogen and oxygen atoms in total. The van der Waals surface area contributed by atoms with Crippen molar-refractivity contribution in [1.82, 2.24) is 9.80 Å². The molecule has 0 spiro atoms. The van der Waals surface area contributed by atoms with Crippen LogP contribution in [0.3, 0.4) is 0 Å². The van der Waals surface area contributed by atoms with Gasteiger partial charge in [0.2, 0.25) is 0 Å². The fraction of sp³-hybridized carbons (Fsp3) is 0.632. The zero-order chi connectivity index (χ0) is 17.9. The van der Waals surface area contributed by atoms with Crippen LogP contribution in [0.15, 0.2) is 24.3 Å². The first-order valence-corrected chi connectivity index (χ1v) is 9.09. The van der Waals surface area contributed by atoms with Gasteiger partial charge in [0.25, 0.3) is 5.91 Å². The molecule has 1 aromatic rings. The molecular weight excluding hydrogens is 323 g/mol. The van der Waals surface area contributed by atoms with E-state index in [1.165, 1.54) is 31.0 Å². The zero-order valence-electron chi connectivity index (χ0n) is 14.5. The molecule has 2 aliphatic rings. The molecule has 0 saturated carbocycles. The van der Waals surface area contributed by atoms with E-state index in [4.69, 9.17) is 0 Å². The Morgan fingerprint density at radius 2 is 1.80 bits per heavy atom. The molecule has 6 heteroatoms. The second kappa shape index (κ2) is 7.81. The highest BCUT2D eigenvalue weighted by Crippen LogP contribution is 2.34. The molecule has 2 saturated heterocycles. The number of piperidine rings is 1. The van der Waals surface area contributed by atoms with Gasteiger partial charge in [0.15, 0.2) is 6.10 Å². The number of halogens is 1. The van der Waals surface area contributed by atoms with Crippen LogP contribution < -0.4 is 0 Å². The number of carbonyl (C=O) groups excluding carboxylic acids is 1. The van der Waals surface area contributed by atoms with Gasteiger partial charge in [-0.2, -0.15) is 0 Å². The van der Waals surface area contributed by atoms with Crippen molar-refractivity contribution >= 4 is 5.91 Å². The Morgan fingerprint density at radius 1 is 1.16 bits per heavy atom. The minimum Gasteiger partial charge on any atom is -0.396 e. The van der Waals surface area contributed by atoms with Crippen molar-refractivity contribution in [3.63, 3.8) is 0 Å². The number of likely N-dealkylation sites (tertiary alicyclic amines) is 2. The molecule has 3 rings (SSSR count). The average molecular weight is 350 g/mol. The number of hydrogen-bond donors (Lipinski definition) is 2. The molecule has 2 N–H and O–H groups in total. The standard InChI is InChI=1S/C19H27FN2O3/c20-16-6-2-1-5-15(16)17(24)18(25)22-11-7-19(14-23,8-12-22)13-21-9-3-4-10-21/h1-2,5-6,17,23-24H,3-4,7-14H2. The van der Waals surface area contributed by atoms with Crippen LogP contribution >= 0.6 is 0 Å². The number of aliphatic hydroxyl groups excluding tert-OH is 2. The molecule has 0 radical (unpaired) electrons. The van der Waals surface area contributed by atoms with Crippen molar-refractivity contribution in [3.8, 4) is 0 Å². The van der Waals surface area contributed by atoms with Gasteiger partial charge in [-0.05, 0) is 44.8 Å². The maximum Gasteiger partial charge on any atom is 0.256 e. The van der Waals surface area contributed by atoms with Crippen LogP contribution in [0.4, 0.5) is 4.39 Å². The second-order valence-corrected chi connectivity index (χ2v) is 7.39. The molecule has 2 aliphatic heterocycles. The molecule has 1 aromatic carbocycles. The number of amides is 1. The van der Waals surface area contributed by atoms with Crippen LogP contribution in [-0.4, -0.2) is 65.3 Å². The summed E-state index contributed by atoms with van der Waals surface area (Å²) in [7, 11) is 0. The summed E-state index contributed by atoms with van der Waals surface area (Å²) in [5, 5.41) is 20.2. The number of carbonyl (C=O) groups is 1. The fourth-order valence-corrected chi connectivity index (χ4v) is 3.99. The number of rotatable bonds is 5. The molecular formula is C19H27FN2O3. The first kappa shape index (κ1) is 18.3. The Bertz CT molecular complexity index is 596. The highest BCUT2D eigenvalue weighted by molar-refractivity contribution is 5.82. The maximum absolute atomic E-state index is 13.8. The van der Waals surface area contributed by atoms with Crippen molar-refractivity contribution in [2.75, 3.05) is 39.3 Å². The van der Waals surface area contributed by atoms with Crippen LogP contribution in [0.1, 0.15) is 37.4 Å². The molecule has 1 atom stereocenters. The van der Waals surface area contributed by atoms with Crippen LogP contribution in [0, 0.1) is 11.2 Å². The lowest BCUT2D eigenvalue weighted by Crippen LogP contribution is -2.50. The van der Waals surface area contributed by atoms with E-state index < -0.39 is 17.8 Å². The lowest BCUT2D eigenvalue weighted by molar-refractivity contribution is -0.143. The van der Waals surface area contributed by atoms with E-state index in [1.807, 2.05) is 0 Å². The lowest BCUT2D eigenvalue weighted by atomic mass is 9.78. The summed E-state index contributed by atoms with van der Waals surface area (Å²) in [6.07, 6.45) is 2.36. The molecule has 25 heavy (non-hydrogen) atoms. The number of hydrogen-bond acceptors (Lipinski definition) is 4. The van der Waals surface area contributed by atoms with Gasteiger partial charge in [0, 0.05) is 30.6 Å². The molecule has 2 heterocycles. The van der Waals surface area contributed by atoms with Crippen LogP contribution in [0.5, 0.6) is 0 Å². The summed E-state index contributed by atoms with van der Waals surface area (Å²) in [5.74, 6) is -1.03. The van der Waals surface area contributed by atoms with E-state index in [1.54, 1.807) is 11.0 Å². The average Bonchev–Trinajstić information content (AvgIpc) is 3.14. The number of nitrogens with zero attached hydrogens (tertiary/aromatic N) is 2. The maximum atomic E-state index is 13.8. The minimum absolute atomic E-state index is 0.0172. The summed E-state index contributed by atoms with van der Waals surface area (Å²) >= 11 is 0. The van der Waals surface area contributed by atoms with Gasteiger partial charge in [-0.1, -0.05) is 18.2 Å². The molecule has 0 aliphatic carbocycles. The monoisotopic (exact) mass is 350 g/mol. The topological polar surface area (TPSA) is 64.0 Å². The first-order valence-electron chi connectivity index (χ1n) is 9.09. The van der Waals surface area contributed by atoms with Gasteiger partial charge in [-0.25, -0.2) is 4.39 Å². The van der Waals surface area contributed by atoms with Gasteiger partial charge in [0.1, 0.15) is 5.82 Å². The zero-order valence-corrected chi connectivity index (χ0v) is 14.5. The van der Waals surface area contributed by atoms with E-state index in [2.05, 4.69) is 4.90 Å². The molecule has 1 unspecified atom stereocenters. The summed E-state index contributed by atoms with van der Waals surface area (Å²) < 4.78 is 13.8. The number of benzene rings is 1. The Morgan fingerprint density at radius 3 is 2.40 bits per heavy atom. The van der Waals surface area contributed by atoms with Crippen molar-refractivity contribution in [2.24, 2.45) is 5.41 Å². The van der Waals surface area contributed by atoms with E-state index in [0.717, 1.165) is 19.6 Å². The van der Waals surface area contributed by atoms with Gasteiger partial charge < -0.3 is 20.0 Å². The molecule has 0 bridgehead atoms. The van der Waals surface area contributed by atoms with E-state index in [-0.39, 0.29) is 17.6 Å². The third-order valence-electron chi connectivity index (χ3n) is 5.66. The van der Waals surface area contributed by atoms with E-state index >= 15 is 0 Å². The Hall–Kier alpha value is -1.50. The van der Waals surface area contributed by atoms with E-state index in [0.29, 0.717) is 25.9 Å². The first-order chi connectivity index (χ1) is 12.0. The molecule has 138 valence electrons. The second-order valence-electron chi connectivity index (χ2n) is 7.39. The Labute approximate surface area is 148 Å². The van der Waals surface area contributed by atoms with Crippen molar-refractivity contribution in [1.29, 1.82) is 0 Å². The summed E-state index contributed by atoms with van der Waals surface area (Å²) in [6.45, 7) is 4.10. The third-order valence-corrected chi connectivity index (χ3v) is 5.66. The predicted octanol–water partition coefficient (Wildman–Crippen LogP) is 1.56. The summed E-state index contributed by atoms with van der Waals surface area (Å²) in [5.41, 5.74) is -0.159. The van der Waals surface area contributed by atoms with Gasteiger partial charge >= 0.3 is 0 Å². The van der Waals surface area contributed by atoms with Crippen LogP contribution in [-0.2, 0) is 4.79 Å². The summed E-state index contributed by atoms with van der Waals surface area (Å²) in [4.78, 5) is 16.5. The minimum atomic E-state index is -1.47. The van der Waals surface area contributed by atoms with Gasteiger partial charge in [-0.3, -0.25) is 4.79 Å². The van der Waals surface area contributed by atoms with Crippen molar-refractivity contribution in [2.45, 2.75) is 31.8 Å². The quantitative estimate of drug-likeness (QED) is 0.846. The molecule has 1 amide bonds. The molecule has 0 aromatic heterocycles. The van der Waals surface area contributed by atoms with Gasteiger partial charge in [0.05, 0.1) is 6.61 Å². The summed E-state index contributed by atoms with van der Waals surface area (Å²) in [6, 6.07) is 5.82. The smallest absolute Gasteiger partial charge is 0.256 e. The van der Waals surface area contributed by atoms with Crippen molar-refractivity contribution in [3.05, 3.63) is 35.6 Å². The fourth-order valence-electron chi connectivity index (χ4n) is 3.99. The SMILES string of the molecule is O=C(C(O)c1ccccc1F)N1CCC(CO)(CN2CCCC2)CC1. The normalized spacial score (nSPS) is 22.1. The Balaban J connectivity index is 1.60. The van der Waals surface area contributed by atoms with E-state index in [9.17, 15) is 19.4 Å². The van der Waals surface area contributed by atoms with Crippen LogP contribution in [0.25, 0.3) is 0 Å². The Kier molecular flexibility index (Phi) is 5.71. The third kappa shape index (κ3) is 4.02. The highest BCUT2D eigenvalue weighted by Gasteiger charge is 2.38. The highest BCUT2D eigenvalue weighted by atomic mass is 19.1. The molecule has 2 fully saturated rings. The number of aliphatic hydroxyl groups is 2. The van der Waals surface area contributed by atoms with Crippen LogP contribution in [0.2, 0.25) is 0 Å².